The number of hydrogen-bond donors (Lipinski definition) is 6. The number of benzene rings is 2. The Morgan fingerprint density at radius 2 is 0.978 bits per heavy atom. The Labute approximate surface area is 266 Å². The van der Waals surface area contributed by atoms with Gasteiger partial charge < -0.3 is 40.9 Å². The third kappa shape index (κ3) is 13.0. The maximum atomic E-state index is 11.5. The molecule has 1 heterocycles. The van der Waals surface area contributed by atoms with E-state index in [1.807, 2.05) is 18.2 Å². The SMILES string of the molecule is O=[N+]([O-])c1ccc([O-])c(C=NC(CO)(CO)CO)c1.O=[N+]([O-])c1ccc([O-])c(C=NC(CO)(CO)CO)c1.[Ni+2].c1ccncc1. The summed E-state index contributed by atoms with van der Waals surface area (Å²) in [6.45, 7) is -3.75. The zero-order chi connectivity index (χ0) is 33.2. The average molecular weight is 676 g/mol. The largest absolute Gasteiger partial charge is 2.00 e. The molecule has 45 heavy (non-hydrogen) atoms. The number of nitro benzene ring substituents is 2. The van der Waals surface area contributed by atoms with E-state index < -0.39 is 72.1 Å². The molecule has 0 aliphatic rings. The van der Waals surface area contributed by atoms with Crippen LogP contribution < -0.4 is 10.2 Å². The van der Waals surface area contributed by atoms with Crippen LogP contribution in [0.3, 0.4) is 0 Å². The summed E-state index contributed by atoms with van der Waals surface area (Å²) in [6.07, 6.45) is 5.50. The van der Waals surface area contributed by atoms with Crippen molar-refractivity contribution >= 4 is 23.8 Å². The first-order chi connectivity index (χ1) is 21.0. The van der Waals surface area contributed by atoms with Gasteiger partial charge in [0.25, 0.3) is 11.4 Å². The molecular weight excluding hydrogens is 645 g/mol. The Kier molecular flexibility index (Phi) is 18.5. The normalized spacial score (nSPS) is 11.2. The first-order valence-corrected chi connectivity index (χ1v) is 12.5. The van der Waals surface area contributed by atoms with Crippen LogP contribution in [-0.2, 0) is 16.5 Å². The molecule has 6 N–H and O–H groups in total. The van der Waals surface area contributed by atoms with Crippen molar-refractivity contribution in [2.45, 2.75) is 11.1 Å². The molecule has 0 radical (unpaired) electrons. The van der Waals surface area contributed by atoms with Gasteiger partial charge in [0.2, 0.25) is 0 Å². The van der Waals surface area contributed by atoms with Gasteiger partial charge >= 0.3 is 16.5 Å². The van der Waals surface area contributed by atoms with Crippen LogP contribution in [0.15, 0.2) is 77.0 Å². The van der Waals surface area contributed by atoms with Gasteiger partial charge in [0.15, 0.2) is 0 Å². The molecule has 0 unspecified atom stereocenters. The van der Waals surface area contributed by atoms with E-state index in [0.29, 0.717) is 0 Å². The van der Waals surface area contributed by atoms with Crippen LogP contribution in [0.2, 0.25) is 0 Å². The summed E-state index contributed by atoms with van der Waals surface area (Å²) in [6, 6.07) is 12.0. The Morgan fingerprint density at radius 3 is 1.20 bits per heavy atom. The second-order valence-electron chi connectivity index (χ2n) is 8.90. The summed E-state index contributed by atoms with van der Waals surface area (Å²) >= 11 is 0. The molecule has 1 aromatic heterocycles. The molecule has 3 rings (SSSR count). The number of aliphatic hydroxyl groups is 6. The maximum Gasteiger partial charge on any atom is 2.00 e. The van der Waals surface area contributed by atoms with E-state index in [1.165, 1.54) is 0 Å². The Balaban J connectivity index is 0.000000711. The molecule has 0 aliphatic carbocycles. The van der Waals surface area contributed by atoms with Crippen molar-refractivity contribution in [2.24, 2.45) is 9.98 Å². The topological polar surface area (TPSA) is 291 Å². The van der Waals surface area contributed by atoms with Gasteiger partial charge in [-0.1, -0.05) is 29.7 Å². The van der Waals surface area contributed by atoms with Crippen LogP contribution in [0.5, 0.6) is 11.5 Å². The number of nitro groups is 2. The quantitative estimate of drug-likeness (QED) is 0.0563. The van der Waals surface area contributed by atoms with Gasteiger partial charge in [0.1, 0.15) is 11.1 Å². The molecule has 0 spiro atoms. The molecule has 3 aromatic rings. The zero-order valence-corrected chi connectivity index (χ0v) is 24.4. The number of aliphatic hydroxyl groups excluding tert-OH is 6. The van der Waals surface area contributed by atoms with Crippen LogP contribution in [0, 0.1) is 20.2 Å². The Bertz CT molecular complexity index is 1260. The number of aliphatic imine (C=N–C) groups is 2. The fraction of sp³-hybridized carbons (Fsp3) is 0.296. The minimum atomic E-state index is -1.52. The molecule has 0 aliphatic heterocycles. The van der Waals surface area contributed by atoms with Crippen molar-refractivity contribution in [3.05, 3.63) is 98.3 Å². The van der Waals surface area contributed by atoms with E-state index in [4.69, 9.17) is 30.6 Å². The van der Waals surface area contributed by atoms with Crippen molar-refractivity contribution in [3.63, 3.8) is 0 Å². The van der Waals surface area contributed by atoms with Crippen LogP contribution in [0.4, 0.5) is 11.4 Å². The molecule has 2 aromatic carbocycles. The average Bonchev–Trinajstić information content (AvgIpc) is 3.05. The summed E-state index contributed by atoms with van der Waals surface area (Å²) in [4.78, 5) is 31.1. The van der Waals surface area contributed by atoms with Gasteiger partial charge in [-0.05, 0) is 23.3 Å². The van der Waals surface area contributed by atoms with Crippen molar-refractivity contribution in [1.29, 1.82) is 0 Å². The number of rotatable bonds is 12. The van der Waals surface area contributed by atoms with Crippen LogP contribution >= 0.6 is 0 Å². The number of hydrogen-bond acceptors (Lipinski definition) is 15. The molecular formula is C27H31N5NiO12. The zero-order valence-electron chi connectivity index (χ0n) is 23.4. The predicted molar refractivity (Wildman–Crippen MR) is 152 cm³/mol. The molecule has 18 heteroatoms. The molecule has 246 valence electrons. The molecule has 0 saturated carbocycles. The van der Waals surface area contributed by atoms with Gasteiger partial charge in [-0.2, -0.15) is 0 Å². The molecule has 17 nitrogen and oxygen atoms in total. The molecule has 0 saturated heterocycles. The van der Waals surface area contributed by atoms with Crippen molar-refractivity contribution in [2.75, 3.05) is 39.6 Å². The Hall–Kier alpha value is -4.42. The minimum absolute atomic E-state index is 0. The second-order valence-corrected chi connectivity index (χ2v) is 8.90. The van der Waals surface area contributed by atoms with E-state index in [1.54, 1.807) is 12.4 Å². The second kappa shape index (κ2) is 20.5. The molecule has 0 fully saturated rings. The van der Waals surface area contributed by atoms with E-state index in [2.05, 4.69) is 15.0 Å². The summed E-state index contributed by atoms with van der Waals surface area (Å²) < 4.78 is 0. The minimum Gasteiger partial charge on any atom is -0.872 e. The summed E-state index contributed by atoms with van der Waals surface area (Å²) in [7, 11) is 0. The van der Waals surface area contributed by atoms with Gasteiger partial charge in [0, 0.05) is 49.1 Å². The summed E-state index contributed by atoms with van der Waals surface area (Å²) in [5.41, 5.74) is -3.70. The number of nitrogens with zero attached hydrogens (tertiary/aromatic N) is 5. The van der Waals surface area contributed by atoms with Crippen molar-refractivity contribution in [1.82, 2.24) is 4.98 Å². The van der Waals surface area contributed by atoms with Gasteiger partial charge in [0.05, 0.1) is 49.5 Å². The third-order valence-electron chi connectivity index (χ3n) is 5.70. The summed E-state index contributed by atoms with van der Waals surface area (Å²) in [5, 5.41) is 98.4. The molecule has 0 bridgehead atoms. The standard InChI is InChI=1S/2C11H14N2O6.C5H5N.Ni/c2*14-5-11(6-15,7-16)12-4-8-3-9(13(18)19)1-2-10(8)17;1-2-4-6-5-3-1;/h2*1-4,14-17H,5-7H2;1-5H;/q;;;+2/p-2. The number of aromatic nitrogens is 1. The first kappa shape index (κ1) is 40.6. The van der Waals surface area contributed by atoms with Crippen molar-refractivity contribution < 1.29 is 67.2 Å². The monoisotopic (exact) mass is 675 g/mol. The fourth-order valence-corrected chi connectivity index (χ4v) is 2.77. The smallest absolute Gasteiger partial charge is 0.872 e. The number of non-ortho nitro benzene ring substituents is 2. The first-order valence-electron chi connectivity index (χ1n) is 12.5. The third-order valence-corrected chi connectivity index (χ3v) is 5.70. The van der Waals surface area contributed by atoms with Crippen LogP contribution in [0.25, 0.3) is 0 Å². The number of pyridine rings is 1. The van der Waals surface area contributed by atoms with E-state index in [9.17, 15) is 30.4 Å². The molecule has 0 atom stereocenters. The van der Waals surface area contributed by atoms with Crippen LogP contribution in [0.1, 0.15) is 11.1 Å². The fourth-order valence-electron chi connectivity index (χ4n) is 2.77. The van der Waals surface area contributed by atoms with E-state index in [-0.39, 0.29) is 39.0 Å². The van der Waals surface area contributed by atoms with E-state index >= 15 is 0 Å². The van der Waals surface area contributed by atoms with Crippen molar-refractivity contribution in [3.8, 4) is 11.5 Å². The molecule has 0 amide bonds. The van der Waals surface area contributed by atoms with E-state index in [0.717, 1.165) is 48.8 Å². The maximum absolute atomic E-state index is 11.5. The van der Waals surface area contributed by atoms with Gasteiger partial charge in [-0.25, -0.2) is 0 Å². The van der Waals surface area contributed by atoms with Gasteiger partial charge in [-0.15, -0.1) is 0 Å². The van der Waals surface area contributed by atoms with Gasteiger partial charge in [-0.3, -0.25) is 35.2 Å². The Morgan fingerprint density at radius 1 is 0.644 bits per heavy atom. The summed E-state index contributed by atoms with van der Waals surface area (Å²) in [5.74, 6) is -0.978. The predicted octanol–water partition coefficient (Wildman–Crippen LogP) is -1.31. The van der Waals surface area contributed by atoms with Crippen LogP contribution in [-0.4, -0.2) is 109 Å².